The van der Waals surface area contributed by atoms with Crippen molar-refractivity contribution in [2.24, 2.45) is 23.7 Å². The molecule has 7 heteroatoms. The monoisotopic (exact) mass is 434 g/mol. The molecule has 6 nitrogen and oxygen atoms in total. The Morgan fingerprint density at radius 3 is 2.67 bits per heavy atom. The Kier molecular flexibility index (Phi) is 5.03. The number of halogens is 1. The molecule has 1 unspecified atom stereocenters. The van der Waals surface area contributed by atoms with Crippen LogP contribution in [0.15, 0.2) is 46.4 Å². The molecule has 2 fully saturated rings. The molecule has 4 rings (SSSR count). The van der Waals surface area contributed by atoms with E-state index in [1.165, 1.54) is 6.26 Å². The molecule has 0 bridgehead atoms. The van der Waals surface area contributed by atoms with Crippen LogP contribution in [0.25, 0.3) is 0 Å². The summed E-state index contributed by atoms with van der Waals surface area (Å²) in [6, 6.07) is 0. The zero-order valence-electron chi connectivity index (χ0n) is 17.8. The van der Waals surface area contributed by atoms with Crippen LogP contribution in [0.4, 0.5) is 0 Å². The first-order chi connectivity index (χ1) is 14.0. The Balaban J connectivity index is 1.79. The highest BCUT2D eigenvalue weighted by Crippen LogP contribution is 2.60. The van der Waals surface area contributed by atoms with Gasteiger partial charge in [0.25, 0.3) is 0 Å². The molecule has 3 heterocycles. The SMILES string of the molecule is CCC(C)/C=C/C1=CC2=C(Cl)C(=O)[C@@]3(C)O[C@]4(O)[C@H](C)[C@@H](C)OC(=O)[C@@H]4[C@H]3C2=CO1. The van der Waals surface area contributed by atoms with E-state index in [2.05, 4.69) is 13.8 Å². The molecule has 1 N–H and O–H groups in total. The predicted molar refractivity (Wildman–Crippen MR) is 110 cm³/mol. The molecule has 0 spiro atoms. The molecule has 30 heavy (non-hydrogen) atoms. The van der Waals surface area contributed by atoms with Crippen molar-refractivity contribution < 1.29 is 28.9 Å². The first kappa shape index (κ1) is 21.3. The Morgan fingerprint density at radius 2 is 2.00 bits per heavy atom. The van der Waals surface area contributed by atoms with Crippen molar-refractivity contribution in [2.75, 3.05) is 0 Å². The number of hydrogen-bond acceptors (Lipinski definition) is 6. The van der Waals surface area contributed by atoms with Crippen LogP contribution in [0, 0.1) is 23.7 Å². The molecule has 0 aromatic rings. The minimum absolute atomic E-state index is 0.00839. The largest absolute Gasteiger partial charge is 0.465 e. The summed E-state index contributed by atoms with van der Waals surface area (Å²) in [6.07, 6.45) is 7.52. The van der Waals surface area contributed by atoms with Crippen molar-refractivity contribution in [1.82, 2.24) is 0 Å². The molecular formula is C23H27ClO6. The normalized spacial score (nSPS) is 41.4. The van der Waals surface area contributed by atoms with Crippen molar-refractivity contribution in [2.45, 2.75) is 58.5 Å². The van der Waals surface area contributed by atoms with E-state index in [9.17, 15) is 14.7 Å². The van der Waals surface area contributed by atoms with E-state index in [0.717, 1.165) is 6.42 Å². The van der Waals surface area contributed by atoms with Gasteiger partial charge >= 0.3 is 5.97 Å². The average molecular weight is 435 g/mol. The highest BCUT2D eigenvalue weighted by atomic mass is 35.5. The molecule has 3 aliphatic heterocycles. The minimum atomic E-state index is -1.84. The fourth-order valence-electron chi connectivity index (χ4n) is 4.77. The molecule has 0 amide bonds. The number of ether oxygens (including phenoxy) is 3. The van der Waals surface area contributed by atoms with Gasteiger partial charge in [0, 0.05) is 23.0 Å². The van der Waals surface area contributed by atoms with E-state index < -0.39 is 47.0 Å². The van der Waals surface area contributed by atoms with Crippen molar-refractivity contribution in [3.8, 4) is 0 Å². The van der Waals surface area contributed by atoms with Gasteiger partial charge in [0.1, 0.15) is 23.4 Å². The lowest BCUT2D eigenvalue weighted by molar-refractivity contribution is -0.286. The van der Waals surface area contributed by atoms with Gasteiger partial charge in [0.2, 0.25) is 5.78 Å². The molecule has 0 radical (unpaired) electrons. The maximum Gasteiger partial charge on any atom is 0.315 e. The number of ketones is 1. The number of cyclic esters (lactones) is 1. The van der Waals surface area contributed by atoms with Gasteiger partial charge < -0.3 is 19.3 Å². The minimum Gasteiger partial charge on any atom is -0.465 e. The summed E-state index contributed by atoms with van der Waals surface area (Å²) in [5.74, 6) is -4.31. The van der Waals surface area contributed by atoms with Crippen molar-refractivity contribution in [3.63, 3.8) is 0 Å². The van der Waals surface area contributed by atoms with Gasteiger partial charge in [-0.3, -0.25) is 9.59 Å². The van der Waals surface area contributed by atoms with Crippen LogP contribution < -0.4 is 0 Å². The summed E-state index contributed by atoms with van der Waals surface area (Å²) in [5, 5.41) is 11.4. The number of carbonyl (C=O) groups excluding carboxylic acids is 2. The van der Waals surface area contributed by atoms with E-state index in [1.807, 2.05) is 12.2 Å². The van der Waals surface area contributed by atoms with Gasteiger partial charge in [-0.25, -0.2) is 0 Å². The number of esters is 1. The average Bonchev–Trinajstić information content (AvgIpc) is 2.98. The van der Waals surface area contributed by atoms with Crippen LogP contribution in [0.5, 0.6) is 0 Å². The Bertz CT molecular complexity index is 930. The molecule has 162 valence electrons. The van der Waals surface area contributed by atoms with Gasteiger partial charge in [-0.05, 0) is 31.9 Å². The van der Waals surface area contributed by atoms with Gasteiger partial charge in [0.05, 0.1) is 11.3 Å². The van der Waals surface area contributed by atoms with E-state index >= 15 is 0 Å². The molecule has 1 aliphatic carbocycles. The van der Waals surface area contributed by atoms with E-state index in [-0.39, 0.29) is 5.03 Å². The fourth-order valence-corrected chi connectivity index (χ4v) is 5.12. The Hall–Kier alpha value is -1.89. The molecule has 0 aromatic carbocycles. The summed E-state index contributed by atoms with van der Waals surface area (Å²) < 4.78 is 17.3. The number of aliphatic hydroxyl groups is 1. The third kappa shape index (κ3) is 2.84. The fraction of sp³-hybridized carbons (Fsp3) is 0.565. The van der Waals surface area contributed by atoms with Gasteiger partial charge in [-0.2, -0.15) is 0 Å². The van der Waals surface area contributed by atoms with E-state index in [1.54, 1.807) is 26.8 Å². The first-order valence-electron chi connectivity index (χ1n) is 10.4. The molecule has 0 saturated carbocycles. The van der Waals surface area contributed by atoms with E-state index in [4.69, 9.17) is 25.8 Å². The molecule has 4 aliphatic rings. The zero-order valence-corrected chi connectivity index (χ0v) is 18.5. The maximum absolute atomic E-state index is 13.3. The van der Waals surface area contributed by atoms with Crippen LogP contribution >= 0.6 is 11.6 Å². The quantitative estimate of drug-likeness (QED) is 0.681. The molecular weight excluding hydrogens is 408 g/mol. The predicted octanol–water partition coefficient (Wildman–Crippen LogP) is 3.75. The van der Waals surface area contributed by atoms with Crippen molar-refractivity contribution >= 4 is 23.4 Å². The summed E-state index contributed by atoms with van der Waals surface area (Å²) in [6.45, 7) is 9.20. The Morgan fingerprint density at radius 1 is 1.30 bits per heavy atom. The topological polar surface area (TPSA) is 82.1 Å². The molecule has 7 atom stereocenters. The second kappa shape index (κ2) is 7.08. The number of carbonyl (C=O) groups is 2. The highest BCUT2D eigenvalue weighted by Gasteiger charge is 2.72. The lowest BCUT2D eigenvalue weighted by Crippen LogP contribution is -2.56. The van der Waals surface area contributed by atoms with Crippen molar-refractivity contribution in [1.29, 1.82) is 0 Å². The highest BCUT2D eigenvalue weighted by molar-refractivity contribution is 6.45. The number of fused-ring (bicyclic) bond motifs is 5. The zero-order chi connectivity index (χ0) is 22.0. The second-order valence-corrected chi connectivity index (χ2v) is 9.26. The second-order valence-electron chi connectivity index (χ2n) is 8.89. The summed E-state index contributed by atoms with van der Waals surface area (Å²) in [7, 11) is 0. The van der Waals surface area contributed by atoms with E-state index in [0.29, 0.717) is 22.8 Å². The maximum atomic E-state index is 13.3. The standard InChI is InChI=1S/C23H27ClO6/c1-6-11(2)7-8-14-9-15-16(10-28-14)17-18-21(26)29-13(4)12(3)23(18,27)30-22(17,5)20(25)19(15)24/h7-13,17-18,27H,6H2,1-5H3/b8-7+/t11?,12-,13-,17-,18+,22+,23-/m1/s1. The van der Waals surface area contributed by atoms with Crippen molar-refractivity contribution in [3.05, 3.63) is 46.4 Å². The van der Waals surface area contributed by atoms with Crippen LogP contribution in [0.1, 0.15) is 41.0 Å². The Labute approximate surface area is 181 Å². The van der Waals surface area contributed by atoms with Crippen LogP contribution in [0.2, 0.25) is 0 Å². The summed E-state index contributed by atoms with van der Waals surface area (Å²) in [4.78, 5) is 26.1. The number of rotatable bonds is 3. The van der Waals surface area contributed by atoms with Crippen LogP contribution in [-0.4, -0.2) is 34.4 Å². The van der Waals surface area contributed by atoms with Gasteiger partial charge in [0.15, 0.2) is 5.79 Å². The summed E-state index contributed by atoms with van der Waals surface area (Å²) in [5.41, 5.74) is -0.446. The third-order valence-corrected chi connectivity index (χ3v) is 7.41. The molecule has 0 aromatic heterocycles. The number of Topliss-reactive ketones (excluding diaryl/α,β-unsaturated/α-hetero) is 1. The van der Waals surface area contributed by atoms with Crippen LogP contribution in [0.3, 0.4) is 0 Å². The summed E-state index contributed by atoms with van der Waals surface area (Å²) >= 11 is 6.48. The molecule has 2 saturated heterocycles. The lowest BCUT2D eigenvalue weighted by atomic mass is 9.65. The first-order valence-corrected chi connectivity index (χ1v) is 10.8. The van der Waals surface area contributed by atoms with Gasteiger partial charge in [-0.15, -0.1) is 0 Å². The van der Waals surface area contributed by atoms with Crippen LogP contribution in [-0.2, 0) is 23.8 Å². The number of allylic oxidation sites excluding steroid dienone is 4. The van der Waals surface area contributed by atoms with Gasteiger partial charge in [-0.1, -0.05) is 44.9 Å². The smallest absolute Gasteiger partial charge is 0.315 e. The number of hydrogen-bond donors (Lipinski definition) is 1. The third-order valence-electron chi connectivity index (χ3n) is 7.03. The lowest BCUT2D eigenvalue weighted by Gasteiger charge is -2.42.